The van der Waals surface area contributed by atoms with E-state index in [-0.39, 0.29) is 0 Å². The molecule has 2 heterocycles. The summed E-state index contributed by atoms with van der Waals surface area (Å²) in [4.78, 5) is 11.2. The summed E-state index contributed by atoms with van der Waals surface area (Å²) >= 11 is 10.8. The standard InChI is InChI=1S/C15H10BrClN2OS/c16-13-3-1-2-10(4-13)6-19-7-12(8-20)15(18-19)11-5-14(17)21-9-11/h1-5,7-9H,6H2. The highest BCUT2D eigenvalue weighted by molar-refractivity contribution is 9.10. The summed E-state index contributed by atoms with van der Waals surface area (Å²) in [6, 6.07) is 9.83. The predicted molar refractivity (Wildman–Crippen MR) is 89.2 cm³/mol. The fourth-order valence-electron chi connectivity index (χ4n) is 2.09. The van der Waals surface area contributed by atoms with Gasteiger partial charge >= 0.3 is 0 Å². The van der Waals surface area contributed by atoms with Crippen LogP contribution in [0.2, 0.25) is 4.34 Å². The predicted octanol–water partition coefficient (Wildman–Crippen LogP) is 4.89. The average molecular weight is 382 g/mol. The van der Waals surface area contributed by atoms with Crippen molar-refractivity contribution in [1.82, 2.24) is 9.78 Å². The number of halogens is 2. The molecule has 0 atom stereocenters. The lowest BCUT2D eigenvalue weighted by molar-refractivity contribution is 0.112. The van der Waals surface area contributed by atoms with E-state index in [0.717, 1.165) is 21.9 Å². The molecule has 0 N–H and O–H groups in total. The van der Waals surface area contributed by atoms with Crippen molar-refractivity contribution < 1.29 is 4.79 Å². The third-order valence-corrected chi connectivity index (χ3v) is 4.58. The fourth-order valence-corrected chi connectivity index (χ4v) is 3.40. The molecule has 0 bridgehead atoms. The van der Waals surface area contributed by atoms with E-state index in [0.29, 0.717) is 22.1 Å². The van der Waals surface area contributed by atoms with Crippen molar-refractivity contribution in [2.75, 3.05) is 0 Å². The molecule has 0 aliphatic heterocycles. The van der Waals surface area contributed by atoms with Crippen LogP contribution in [0.25, 0.3) is 11.3 Å². The van der Waals surface area contributed by atoms with E-state index >= 15 is 0 Å². The SMILES string of the molecule is O=Cc1cn(Cc2cccc(Br)c2)nc1-c1csc(Cl)c1. The van der Waals surface area contributed by atoms with Crippen LogP contribution in [0.15, 0.2) is 46.4 Å². The highest BCUT2D eigenvalue weighted by atomic mass is 79.9. The Kier molecular flexibility index (Phi) is 4.24. The summed E-state index contributed by atoms with van der Waals surface area (Å²) in [5.41, 5.74) is 3.22. The van der Waals surface area contributed by atoms with Crippen molar-refractivity contribution in [3.63, 3.8) is 0 Å². The lowest BCUT2D eigenvalue weighted by atomic mass is 10.2. The number of carbonyl (C=O) groups is 1. The van der Waals surface area contributed by atoms with Gasteiger partial charge in [0, 0.05) is 21.6 Å². The minimum Gasteiger partial charge on any atom is -0.298 e. The Balaban J connectivity index is 1.94. The van der Waals surface area contributed by atoms with Crippen LogP contribution in [0.4, 0.5) is 0 Å². The van der Waals surface area contributed by atoms with Gasteiger partial charge in [0.15, 0.2) is 6.29 Å². The van der Waals surface area contributed by atoms with Crippen LogP contribution in [0.1, 0.15) is 15.9 Å². The molecule has 0 radical (unpaired) electrons. The molecule has 0 aliphatic carbocycles. The number of aldehydes is 1. The van der Waals surface area contributed by atoms with E-state index in [2.05, 4.69) is 21.0 Å². The Morgan fingerprint density at radius 3 is 2.90 bits per heavy atom. The van der Waals surface area contributed by atoms with E-state index in [9.17, 15) is 4.79 Å². The second kappa shape index (κ2) is 6.13. The first-order valence-corrected chi connectivity index (χ1v) is 8.22. The number of hydrogen-bond donors (Lipinski definition) is 0. The molecule has 2 aromatic heterocycles. The van der Waals surface area contributed by atoms with Gasteiger partial charge in [0.05, 0.1) is 16.4 Å². The molecule has 0 saturated heterocycles. The molecule has 1 aromatic carbocycles. The molecule has 0 unspecified atom stereocenters. The summed E-state index contributed by atoms with van der Waals surface area (Å²) in [5.74, 6) is 0. The Morgan fingerprint density at radius 2 is 2.24 bits per heavy atom. The summed E-state index contributed by atoms with van der Waals surface area (Å²) < 4.78 is 3.47. The van der Waals surface area contributed by atoms with E-state index < -0.39 is 0 Å². The first-order valence-electron chi connectivity index (χ1n) is 6.17. The Labute approximate surface area is 139 Å². The summed E-state index contributed by atoms with van der Waals surface area (Å²) in [6.45, 7) is 0.609. The van der Waals surface area contributed by atoms with Gasteiger partial charge < -0.3 is 0 Å². The summed E-state index contributed by atoms with van der Waals surface area (Å²) in [5, 5.41) is 6.41. The first-order chi connectivity index (χ1) is 10.2. The van der Waals surface area contributed by atoms with Crippen molar-refractivity contribution in [2.45, 2.75) is 6.54 Å². The second-order valence-electron chi connectivity index (χ2n) is 4.52. The maximum Gasteiger partial charge on any atom is 0.153 e. The third-order valence-electron chi connectivity index (χ3n) is 2.99. The number of hydrogen-bond acceptors (Lipinski definition) is 3. The van der Waals surface area contributed by atoms with Gasteiger partial charge in [-0.15, -0.1) is 11.3 Å². The highest BCUT2D eigenvalue weighted by Gasteiger charge is 2.12. The zero-order chi connectivity index (χ0) is 14.8. The van der Waals surface area contributed by atoms with Gasteiger partial charge in [-0.25, -0.2) is 0 Å². The fraction of sp³-hybridized carbons (Fsp3) is 0.0667. The molecule has 106 valence electrons. The average Bonchev–Trinajstić information content (AvgIpc) is 3.05. The maximum atomic E-state index is 11.2. The molecule has 0 amide bonds. The number of thiophene rings is 1. The van der Waals surface area contributed by atoms with Crippen LogP contribution in [0.5, 0.6) is 0 Å². The van der Waals surface area contributed by atoms with Gasteiger partial charge in [0.25, 0.3) is 0 Å². The molecule has 0 spiro atoms. The first kappa shape index (κ1) is 14.5. The van der Waals surface area contributed by atoms with Crippen molar-refractivity contribution >= 4 is 45.2 Å². The molecular weight excluding hydrogens is 372 g/mol. The molecule has 0 saturated carbocycles. The van der Waals surface area contributed by atoms with Gasteiger partial charge in [0.1, 0.15) is 5.69 Å². The van der Waals surface area contributed by atoms with Crippen molar-refractivity contribution in [1.29, 1.82) is 0 Å². The minimum absolute atomic E-state index is 0.569. The normalized spacial score (nSPS) is 10.8. The van der Waals surface area contributed by atoms with Crippen LogP contribution >= 0.6 is 38.9 Å². The molecule has 0 aliphatic rings. The zero-order valence-corrected chi connectivity index (χ0v) is 14.0. The van der Waals surface area contributed by atoms with Crippen molar-refractivity contribution in [3.8, 4) is 11.3 Å². The van der Waals surface area contributed by atoms with Crippen LogP contribution in [0, 0.1) is 0 Å². The largest absolute Gasteiger partial charge is 0.298 e. The van der Waals surface area contributed by atoms with Gasteiger partial charge in [-0.1, -0.05) is 39.7 Å². The third kappa shape index (κ3) is 3.26. The van der Waals surface area contributed by atoms with Crippen molar-refractivity contribution in [3.05, 3.63) is 61.8 Å². The topological polar surface area (TPSA) is 34.9 Å². The smallest absolute Gasteiger partial charge is 0.153 e. The van der Waals surface area contributed by atoms with Crippen LogP contribution < -0.4 is 0 Å². The van der Waals surface area contributed by atoms with E-state index in [1.54, 1.807) is 10.9 Å². The van der Waals surface area contributed by atoms with Gasteiger partial charge in [-0.3, -0.25) is 9.48 Å². The molecule has 21 heavy (non-hydrogen) atoms. The van der Waals surface area contributed by atoms with E-state index in [1.165, 1.54) is 11.3 Å². The number of benzene rings is 1. The monoisotopic (exact) mass is 380 g/mol. The van der Waals surface area contributed by atoms with Crippen molar-refractivity contribution in [2.24, 2.45) is 0 Å². The Morgan fingerprint density at radius 1 is 1.38 bits per heavy atom. The lowest BCUT2D eigenvalue weighted by Gasteiger charge is -2.02. The summed E-state index contributed by atoms with van der Waals surface area (Å²) in [6.07, 6.45) is 2.58. The van der Waals surface area contributed by atoms with Gasteiger partial charge in [0.2, 0.25) is 0 Å². The van der Waals surface area contributed by atoms with Crippen LogP contribution in [-0.4, -0.2) is 16.1 Å². The molecule has 3 rings (SSSR count). The van der Waals surface area contributed by atoms with Crippen LogP contribution in [-0.2, 0) is 6.54 Å². The number of nitrogens with zero attached hydrogens (tertiary/aromatic N) is 2. The number of carbonyl (C=O) groups excluding carboxylic acids is 1. The van der Waals surface area contributed by atoms with Crippen LogP contribution in [0.3, 0.4) is 0 Å². The zero-order valence-electron chi connectivity index (χ0n) is 10.8. The molecule has 0 fully saturated rings. The Hall–Kier alpha value is -1.43. The quantitative estimate of drug-likeness (QED) is 0.603. The minimum atomic E-state index is 0.569. The van der Waals surface area contributed by atoms with E-state index in [4.69, 9.17) is 11.6 Å². The number of aromatic nitrogens is 2. The lowest BCUT2D eigenvalue weighted by Crippen LogP contribution is -2.00. The number of rotatable bonds is 4. The van der Waals surface area contributed by atoms with Gasteiger partial charge in [-0.2, -0.15) is 5.10 Å². The second-order valence-corrected chi connectivity index (χ2v) is 6.98. The summed E-state index contributed by atoms with van der Waals surface area (Å²) in [7, 11) is 0. The Bertz CT molecular complexity index is 797. The molecular formula is C15H10BrClN2OS. The molecule has 3 aromatic rings. The molecule has 6 heteroatoms. The van der Waals surface area contributed by atoms with Gasteiger partial charge in [-0.05, 0) is 23.8 Å². The maximum absolute atomic E-state index is 11.2. The van der Waals surface area contributed by atoms with E-state index in [1.807, 2.05) is 35.7 Å². The molecule has 3 nitrogen and oxygen atoms in total. The highest BCUT2D eigenvalue weighted by Crippen LogP contribution is 2.29.